The molecule has 0 unspecified atom stereocenters. The summed E-state index contributed by atoms with van der Waals surface area (Å²) in [6.07, 6.45) is 0. The summed E-state index contributed by atoms with van der Waals surface area (Å²) in [4.78, 5) is 10.5. The van der Waals surface area contributed by atoms with Crippen molar-refractivity contribution in [3.63, 3.8) is 0 Å². The molecule has 0 bridgehead atoms. The summed E-state index contributed by atoms with van der Waals surface area (Å²) < 4.78 is 0. The summed E-state index contributed by atoms with van der Waals surface area (Å²) >= 11 is 1.69. The number of rotatable bonds is 4. The highest BCUT2D eigenvalue weighted by molar-refractivity contribution is 7.17. The average molecular weight is 297 g/mol. The predicted octanol–water partition coefficient (Wildman–Crippen LogP) is 4.91. The smallest absolute Gasteiger partial charge is 0.139 e. The molecule has 108 valence electrons. The molecule has 0 amide bonds. The van der Waals surface area contributed by atoms with Gasteiger partial charge in [0, 0.05) is 23.4 Å². The van der Waals surface area contributed by atoms with E-state index in [-0.39, 0.29) is 0 Å². The lowest BCUT2D eigenvalue weighted by atomic mass is 10.1. The summed E-state index contributed by atoms with van der Waals surface area (Å²) in [6, 6.07) is 10.4. The first kappa shape index (κ1) is 14.0. The molecular weight excluding hydrogens is 278 g/mol. The number of fused-ring (bicyclic) bond motifs is 1. The number of hydrogen-bond acceptors (Lipinski definition) is 4. The van der Waals surface area contributed by atoms with Crippen LogP contribution in [0.2, 0.25) is 0 Å². The van der Waals surface area contributed by atoms with Crippen molar-refractivity contribution in [3.8, 4) is 11.1 Å². The molecule has 3 nitrogen and oxygen atoms in total. The van der Waals surface area contributed by atoms with Gasteiger partial charge in [0.1, 0.15) is 16.5 Å². The molecule has 0 saturated heterocycles. The highest BCUT2D eigenvalue weighted by Crippen LogP contribution is 2.37. The Bertz CT molecular complexity index is 747. The van der Waals surface area contributed by atoms with Crippen LogP contribution in [0.1, 0.15) is 32.5 Å². The van der Waals surface area contributed by atoms with E-state index in [2.05, 4.69) is 55.7 Å². The zero-order chi connectivity index (χ0) is 14.8. The second kappa shape index (κ2) is 5.82. The Morgan fingerprint density at radius 3 is 2.57 bits per heavy atom. The van der Waals surface area contributed by atoms with Gasteiger partial charge in [-0.2, -0.15) is 0 Å². The van der Waals surface area contributed by atoms with Crippen LogP contribution in [0.15, 0.2) is 35.7 Å². The van der Waals surface area contributed by atoms with Crippen molar-refractivity contribution in [1.29, 1.82) is 0 Å². The Hall–Kier alpha value is -1.94. The van der Waals surface area contributed by atoms with Gasteiger partial charge < -0.3 is 5.32 Å². The van der Waals surface area contributed by atoms with Crippen LogP contribution in [0.5, 0.6) is 0 Å². The Morgan fingerprint density at radius 2 is 1.90 bits per heavy atom. The van der Waals surface area contributed by atoms with Crippen molar-refractivity contribution < 1.29 is 0 Å². The molecule has 21 heavy (non-hydrogen) atoms. The highest BCUT2D eigenvalue weighted by Gasteiger charge is 2.16. The number of nitrogens with zero attached hydrogens (tertiary/aromatic N) is 2. The van der Waals surface area contributed by atoms with Crippen molar-refractivity contribution in [2.45, 2.75) is 26.7 Å². The summed E-state index contributed by atoms with van der Waals surface area (Å²) in [5.41, 5.74) is 2.42. The molecule has 0 radical (unpaired) electrons. The number of hydrogen-bond donors (Lipinski definition) is 1. The Morgan fingerprint density at radius 1 is 1.14 bits per heavy atom. The van der Waals surface area contributed by atoms with Crippen LogP contribution >= 0.6 is 11.3 Å². The molecule has 0 aliphatic carbocycles. The van der Waals surface area contributed by atoms with Gasteiger partial charge in [-0.15, -0.1) is 11.3 Å². The lowest BCUT2D eigenvalue weighted by molar-refractivity contribution is 0.785. The SMILES string of the molecule is CCNc1nc(C(C)C)nc2scc(-c3ccccc3)c12. The fourth-order valence-corrected chi connectivity index (χ4v) is 3.30. The minimum atomic E-state index is 0.328. The van der Waals surface area contributed by atoms with Crippen LogP contribution in [-0.4, -0.2) is 16.5 Å². The zero-order valence-electron chi connectivity index (χ0n) is 12.6. The van der Waals surface area contributed by atoms with Gasteiger partial charge in [-0.25, -0.2) is 9.97 Å². The van der Waals surface area contributed by atoms with Crippen LogP contribution < -0.4 is 5.32 Å². The van der Waals surface area contributed by atoms with Crippen molar-refractivity contribution in [2.75, 3.05) is 11.9 Å². The molecule has 3 aromatic rings. The molecule has 2 heterocycles. The standard InChI is InChI=1S/C17H19N3S/c1-4-18-16-14-13(12-8-6-5-7-9-12)10-21-17(14)20-15(19-16)11(2)3/h5-11H,4H2,1-3H3,(H,18,19,20). The van der Waals surface area contributed by atoms with Gasteiger partial charge in [0.05, 0.1) is 5.39 Å². The van der Waals surface area contributed by atoms with Crippen LogP contribution in [0.3, 0.4) is 0 Å². The third-order valence-electron chi connectivity index (χ3n) is 3.40. The van der Waals surface area contributed by atoms with E-state index in [1.807, 2.05) is 6.07 Å². The number of thiophene rings is 1. The lowest BCUT2D eigenvalue weighted by Crippen LogP contribution is -2.05. The van der Waals surface area contributed by atoms with Gasteiger partial charge >= 0.3 is 0 Å². The maximum absolute atomic E-state index is 4.73. The summed E-state index contributed by atoms with van der Waals surface area (Å²) in [6.45, 7) is 7.20. The van der Waals surface area contributed by atoms with Gasteiger partial charge in [0.2, 0.25) is 0 Å². The summed E-state index contributed by atoms with van der Waals surface area (Å²) in [7, 11) is 0. The quantitative estimate of drug-likeness (QED) is 0.743. The first-order chi connectivity index (χ1) is 10.2. The molecule has 0 saturated carbocycles. The average Bonchev–Trinajstić information content (AvgIpc) is 2.92. The first-order valence-electron chi connectivity index (χ1n) is 7.29. The molecule has 2 aromatic heterocycles. The van der Waals surface area contributed by atoms with Gasteiger partial charge in [-0.1, -0.05) is 44.2 Å². The Kier molecular flexibility index (Phi) is 3.88. The molecular formula is C17H19N3S. The highest BCUT2D eigenvalue weighted by atomic mass is 32.1. The fourth-order valence-electron chi connectivity index (χ4n) is 2.34. The molecule has 0 atom stereocenters. The van der Waals surface area contributed by atoms with Crippen LogP contribution in [0.25, 0.3) is 21.3 Å². The second-order valence-electron chi connectivity index (χ2n) is 5.31. The van der Waals surface area contributed by atoms with E-state index in [1.165, 1.54) is 11.1 Å². The van der Waals surface area contributed by atoms with E-state index in [0.29, 0.717) is 5.92 Å². The van der Waals surface area contributed by atoms with E-state index in [1.54, 1.807) is 11.3 Å². The maximum atomic E-state index is 4.73. The molecule has 0 aliphatic rings. The van der Waals surface area contributed by atoms with Gasteiger partial charge in [0.25, 0.3) is 0 Å². The molecule has 4 heteroatoms. The molecule has 1 N–H and O–H groups in total. The number of nitrogens with one attached hydrogen (secondary N) is 1. The van der Waals surface area contributed by atoms with Crippen molar-refractivity contribution in [3.05, 3.63) is 41.5 Å². The van der Waals surface area contributed by atoms with Crippen LogP contribution in [-0.2, 0) is 0 Å². The van der Waals surface area contributed by atoms with Crippen molar-refractivity contribution in [1.82, 2.24) is 9.97 Å². The van der Waals surface area contributed by atoms with Crippen molar-refractivity contribution in [2.24, 2.45) is 0 Å². The third-order valence-corrected chi connectivity index (χ3v) is 4.27. The molecule has 0 aliphatic heterocycles. The maximum Gasteiger partial charge on any atom is 0.139 e. The third kappa shape index (κ3) is 2.63. The minimum absolute atomic E-state index is 0.328. The molecule has 0 spiro atoms. The number of benzene rings is 1. The topological polar surface area (TPSA) is 37.8 Å². The number of anilines is 1. The first-order valence-corrected chi connectivity index (χ1v) is 8.17. The van der Waals surface area contributed by atoms with Crippen LogP contribution in [0, 0.1) is 0 Å². The normalized spacial score (nSPS) is 11.2. The van der Waals surface area contributed by atoms with E-state index in [9.17, 15) is 0 Å². The van der Waals surface area contributed by atoms with E-state index >= 15 is 0 Å². The van der Waals surface area contributed by atoms with E-state index in [4.69, 9.17) is 9.97 Å². The molecule has 3 rings (SSSR count). The lowest BCUT2D eigenvalue weighted by Gasteiger charge is -2.10. The minimum Gasteiger partial charge on any atom is -0.370 e. The molecule has 0 fully saturated rings. The zero-order valence-corrected chi connectivity index (χ0v) is 13.4. The van der Waals surface area contributed by atoms with E-state index < -0.39 is 0 Å². The Labute approximate surface area is 129 Å². The predicted molar refractivity (Wildman–Crippen MR) is 91.1 cm³/mol. The van der Waals surface area contributed by atoms with Gasteiger partial charge in [0.15, 0.2) is 0 Å². The number of aromatic nitrogens is 2. The largest absolute Gasteiger partial charge is 0.370 e. The Balaban J connectivity index is 2.24. The van der Waals surface area contributed by atoms with Crippen molar-refractivity contribution >= 4 is 27.4 Å². The van der Waals surface area contributed by atoms with E-state index in [0.717, 1.165) is 28.4 Å². The monoisotopic (exact) mass is 297 g/mol. The summed E-state index contributed by atoms with van der Waals surface area (Å²) in [5.74, 6) is 2.18. The summed E-state index contributed by atoms with van der Waals surface area (Å²) in [5, 5.41) is 6.71. The fraction of sp³-hybridized carbons (Fsp3) is 0.294. The molecule has 1 aromatic carbocycles. The van der Waals surface area contributed by atoms with Gasteiger partial charge in [-0.3, -0.25) is 0 Å². The van der Waals surface area contributed by atoms with Crippen LogP contribution in [0.4, 0.5) is 5.82 Å². The van der Waals surface area contributed by atoms with Gasteiger partial charge in [-0.05, 0) is 12.5 Å². The second-order valence-corrected chi connectivity index (χ2v) is 6.17.